The Kier molecular flexibility index (Phi) is 5.03. The first-order chi connectivity index (χ1) is 15.4. The number of benzene rings is 3. The number of aromatic nitrogens is 2. The second-order valence-electron chi connectivity index (χ2n) is 7.95. The van der Waals surface area contributed by atoms with Gasteiger partial charge in [0.15, 0.2) is 0 Å². The quantitative estimate of drug-likeness (QED) is 0.490. The van der Waals surface area contributed by atoms with Crippen molar-refractivity contribution in [3.05, 3.63) is 90.0 Å². The van der Waals surface area contributed by atoms with Gasteiger partial charge in [0.2, 0.25) is 21.9 Å². The van der Waals surface area contributed by atoms with Crippen LogP contribution in [-0.4, -0.2) is 23.9 Å². The lowest BCUT2D eigenvalue weighted by Gasteiger charge is -2.31. The predicted molar refractivity (Wildman–Crippen MR) is 123 cm³/mol. The third-order valence-electron chi connectivity index (χ3n) is 5.78. The van der Waals surface area contributed by atoms with Crippen molar-refractivity contribution in [1.82, 2.24) is 14.3 Å². The molecule has 0 spiro atoms. The summed E-state index contributed by atoms with van der Waals surface area (Å²) in [6, 6.07) is 22.7. The lowest BCUT2D eigenvalue weighted by molar-refractivity contribution is -0.121. The van der Waals surface area contributed by atoms with Gasteiger partial charge in [0.25, 0.3) is 0 Å². The van der Waals surface area contributed by atoms with E-state index < -0.39 is 22.0 Å². The van der Waals surface area contributed by atoms with Gasteiger partial charge in [-0.2, -0.15) is 0 Å². The molecule has 1 aromatic heterocycles. The number of fused-ring (bicyclic) bond motifs is 3. The number of para-hydroxylation sites is 2. The van der Waals surface area contributed by atoms with Gasteiger partial charge in [0, 0.05) is 6.54 Å². The van der Waals surface area contributed by atoms with Gasteiger partial charge in [0.1, 0.15) is 0 Å². The van der Waals surface area contributed by atoms with Crippen LogP contribution >= 0.6 is 0 Å². The van der Waals surface area contributed by atoms with E-state index in [1.54, 1.807) is 24.3 Å². The maximum absolute atomic E-state index is 13.2. The summed E-state index contributed by atoms with van der Waals surface area (Å²) in [7, 11) is -3.86. The molecule has 3 aromatic carbocycles. The number of carbonyl (C=O) groups is 1. The highest BCUT2D eigenvalue weighted by molar-refractivity contribution is 7.89. The summed E-state index contributed by atoms with van der Waals surface area (Å²) in [5.41, 5.74) is 3.35. The number of imidazole rings is 1. The summed E-state index contributed by atoms with van der Waals surface area (Å²) < 4.78 is 31.2. The van der Waals surface area contributed by atoms with Gasteiger partial charge in [-0.15, -0.1) is 0 Å². The molecule has 32 heavy (non-hydrogen) atoms. The molecule has 0 radical (unpaired) electrons. The van der Waals surface area contributed by atoms with Crippen LogP contribution in [0.1, 0.15) is 17.2 Å². The minimum absolute atomic E-state index is 0.161. The summed E-state index contributed by atoms with van der Waals surface area (Å²) in [5, 5.41) is 2.86. The van der Waals surface area contributed by atoms with Gasteiger partial charge in [-0.05, 0) is 36.8 Å². The van der Waals surface area contributed by atoms with Gasteiger partial charge in [-0.3, -0.25) is 10.1 Å². The predicted octanol–water partition coefficient (Wildman–Crippen LogP) is 3.63. The molecular formula is C24H22N4O3S. The molecule has 0 saturated heterocycles. The Bertz CT molecular complexity index is 1400. The van der Waals surface area contributed by atoms with E-state index in [0.717, 1.165) is 22.2 Å². The Morgan fingerprint density at radius 3 is 2.44 bits per heavy atom. The van der Waals surface area contributed by atoms with Crippen molar-refractivity contribution >= 4 is 32.9 Å². The maximum Gasteiger partial charge on any atom is 0.241 e. The Morgan fingerprint density at radius 2 is 1.69 bits per heavy atom. The molecule has 2 atom stereocenters. The van der Waals surface area contributed by atoms with E-state index in [2.05, 4.69) is 15.0 Å². The van der Waals surface area contributed by atoms with Crippen LogP contribution in [0.5, 0.6) is 0 Å². The summed E-state index contributed by atoms with van der Waals surface area (Å²) in [6.07, 6.45) is 0. The molecule has 162 valence electrons. The topological polar surface area (TPSA) is 93.1 Å². The van der Waals surface area contributed by atoms with E-state index in [1.165, 1.54) is 0 Å². The number of anilines is 1. The standard InChI is InChI=1S/C24H22N4O3S/c1-16-11-13-18(14-12-16)32(30,31)27-22(17-7-3-2-4-8-17)19-15-28-21-10-6-5-9-20(21)25-24(28)26-23(19)29/h2-14,19,22,27H,15H2,1H3,(H,25,26,29). The second-order valence-corrected chi connectivity index (χ2v) is 9.67. The van der Waals surface area contributed by atoms with Crippen LogP contribution in [0.25, 0.3) is 11.0 Å². The number of sulfonamides is 1. The van der Waals surface area contributed by atoms with Crippen molar-refractivity contribution < 1.29 is 13.2 Å². The molecule has 1 amide bonds. The number of nitrogens with zero attached hydrogens (tertiary/aromatic N) is 2. The number of aryl methyl sites for hydroxylation is 1. The van der Waals surface area contributed by atoms with E-state index >= 15 is 0 Å². The average Bonchev–Trinajstić information content (AvgIpc) is 3.15. The second kappa shape index (κ2) is 7.89. The summed E-state index contributed by atoms with van der Waals surface area (Å²) in [5.74, 6) is -0.461. The first kappa shape index (κ1) is 20.4. The van der Waals surface area contributed by atoms with Crippen LogP contribution in [0.2, 0.25) is 0 Å². The molecule has 7 nitrogen and oxygen atoms in total. The van der Waals surface area contributed by atoms with Crippen molar-refractivity contribution in [2.24, 2.45) is 5.92 Å². The number of carbonyl (C=O) groups excluding carboxylic acids is 1. The zero-order valence-electron chi connectivity index (χ0n) is 17.4. The van der Waals surface area contributed by atoms with Crippen molar-refractivity contribution in [2.45, 2.75) is 24.4 Å². The minimum Gasteiger partial charge on any atom is -0.309 e. The van der Waals surface area contributed by atoms with Crippen LogP contribution in [-0.2, 0) is 21.4 Å². The Hall–Kier alpha value is -3.49. The fourth-order valence-corrected chi connectivity index (χ4v) is 5.36. The Morgan fingerprint density at radius 1 is 1.00 bits per heavy atom. The van der Waals surface area contributed by atoms with Crippen LogP contribution in [0.15, 0.2) is 83.8 Å². The first-order valence-corrected chi connectivity index (χ1v) is 11.8. The maximum atomic E-state index is 13.2. The van der Waals surface area contributed by atoms with Crippen LogP contribution in [0.4, 0.5) is 5.95 Å². The largest absolute Gasteiger partial charge is 0.309 e. The van der Waals surface area contributed by atoms with Gasteiger partial charge in [-0.1, -0.05) is 60.2 Å². The average molecular weight is 447 g/mol. The zero-order valence-corrected chi connectivity index (χ0v) is 18.2. The summed E-state index contributed by atoms with van der Waals surface area (Å²) in [4.78, 5) is 17.8. The molecule has 0 bridgehead atoms. The molecule has 0 fully saturated rings. The van der Waals surface area contributed by atoms with Crippen LogP contribution in [0.3, 0.4) is 0 Å². The van der Waals surface area contributed by atoms with Crippen LogP contribution < -0.4 is 10.0 Å². The van der Waals surface area contributed by atoms with E-state index in [4.69, 9.17) is 0 Å². The highest BCUT2D eigenvalue weighted by Gasteiger charge is 2.37. The fraction of sp³-hybridized carbons (Fsp3) is 0.167. The van der Waals surface area contributed by atoms with Gasteiger partial charge < -0.3 is 4.57 Å². The van der Waals surface area contributed by atoms with Gasteiger partial charge in [0.05, 0.1) is 27.9 Å². The summed E-state index contributed by atoms with van der Waals surface area (Å²) in [6.45, 7) is 2.20. The molecule has 2 heterocycles. The molecule has 1 aliphatic rings. The smallest absolute Gasteiger partial charge is 0.241 e. The molecule has 1 aliphatic heterocycles. The Labute approximate surface area is 186 Å². The molecule has 2 N–H and O–H groups in total. The molecule has 2 unspecified atom stereocenters. The molecule has 0 aliphatic carbocycles. The fourth-order valence-electron chi connectivity index (χ4n) is 4.09. The highest BCUT2D eigenvalue weighted by Crippen LogP contribution is 2.33. The number of hydrogen-bond acceptors (Lipinski definition) is 4. The third kappa shape index (κ3) is 3.68. The van der Waals surface area contributed by atoms with E-state index in [1.807, 2.05) is 66.1 Å². The molecule has 5 rings (SSSR count). The number of amides is 1. The van der Waals surface area contributed by atoms with E-state index in [9.17, 15) is 13.2 Å². The van der Waals surface area contributed by atoms with Gasteiger partial charge in [-0.25, -0.2) is 18.1 Å². The first-order valence-electron chi connectivity index (χ1n) is 10.3. The van der Waals surface area contributed by atoms with Gasteiger partial charge >= 0.3 is 0 Å². The lowest BCUT2D eigenvalue weighted by atomic mass is 9.92. The van der Waals surface area contributed by atoms with E-state index in [0.29, 0.717) is 12.5 Å². The lowest BCUT2D eigenvalue weighted by Crippen LogP contribution is -2.43. The van der Waals surface area contributed by atoms with Crippen molar-refractivity contribution in [2.75, 3.05) is 5.32 Å². The Balaban J connectivity index is 1.55. The normalized spacial score (nSPS) is 17.0. The number of hydrogen-bond donors (Lipinski definition) is 2. The molecular weight excluding hydrogens is 424 g/mol. The zero-order chi connectivity index (χ0) is 22.3. The minimum atomic E-state index is -3.86. The molecule has 0 saturated carbocycles. The molecule has 4 aromatic rings. The number of rotatable bonds is 5. The van der Waals surface area contributed by atoms with Crippen molar-refractivity contribution in [1.29, 1.82) is 0 Å². The van der Waals surface area contributed by atoms with Crippen molar-refractivity contribution in [3.8, 4) is 0 Å². The monoisotopic (exact) mass is 446 g/mol. The number of nitrogens with one attached hydrogen (secondary N) is 2. The SMILES string of the molecule is Cc1ccc(S(=O)(=O)NC(c2ccccc2)C2Cn3c(nc4ccccc43)NC2=O)cc1. The third-order valence-corrected chi connectivity index (χ3v) is 7.24. The van der Waals surface area contributed by atoms with Crippen molar-refractivity contribution in [3.63, 3.8) is 0 Å². The summed E-state index contributed by atoms with van der Waals surface area (Å²) >= 11 is 0. The highest BCUT2D eigenvalue weighted by atomic mass is 32.2. The molecule has 8 heteroatoms. The van der Waals surface area contributed by atoms with E-state index in [-0.39, 0.29) is 10.8 Å². The van der Waals surface area contributed by atoms with Crippen LogP contribution in [0, 0.1) is 12.8 Å².